The van der Waals surface area contributed by atoms with Crippen LogP contribution in [0.1, 0.15) is 19.4 Å². The topological polar surface area (TPSA) is 33.6 Å². The van der Waals surface area contributed by atoms with Gasteiger partial charge in [0.2, 0.25) is 0 Å². The molecule has 0 bridgehead atoms. The van der Waals surface area contributed by atoms with Gasteiger partial charge >= 0.3 is 0 Å². The first kappa shape index (κ1) is 13.5. The number of hydrazone groups is 1. The predicted molar refractivity (Wildman–Crippen MR) is 74.3 cm³/mol. The Hall–Kier alpha value is -0.550. The Bertz CT molecular complexity index is 392. The molecule has 0 aromatic heterocycles. The molecule has 0 radical (unpaired) electrons. The summed E-state index contributed by atoms with van der Waals surface area (Å²) in [7, 11) is 1.64. The normalized spacial score (nSPS) is 11.1. The van der Waals surface area contributed by atoms with Gasteiger partial charge in [0.1, 0.15) is 5.75 Å². The van der Waals surface area contributed by atoms with E-state index in [1.54, 1.807) is 13.3 Å². The highest BCUT2D eigenvalue weighted by atomic mass is 79.9. The smallest absolute Gasteiger partial charge is 0.147 e. The minimum absolute atomic E-state index is 0.326. The van der Waals surface area contributed by atoms with Gasteiger partial charge in [-0.05, 0) is 51.8 Å². The number of ether oxygens (including phenoxy) is 1. The van der Waals surface area contributed by atoms with Gasteiger partial charge in [-0.15, -0.1) is 0 Å². The van der Waals surface area contributed by atoms with Crippen LogP contribution in [0, 0.1) is 0 Å². The average molecular weight is 350 g/mol. The number of hydrogen-bond donors (Lipinski definition) is 1. The third-order valence-electron chi connectivity index (χ3n) is 1.82. The van der Waals surface area contributed by atoms with Crippen molar-refractivity contribution in [3.05, 3.63) is 26.6 Å². The molecule has 0 aliphatic heterocycles. The molecule has 0 atom stereocenters. The van der Waals surface area contributed by atoms with Crippen molar-refractivity contribution in [3.8, 4) is 5.75 Å². The molecule has 16 heavy (non-hydrogen) atoms. The van der Waals surface area contributed by atoms with Gasteiger partial charge < -0.3 is 10.2 Å². The Morgan fingerprint density at radius 1 is 1.38 bits per heavy atom. The van der Waals surface area contributed by atoms with Gasteiger partial charge in [0.25, 0.3) is 0 Å². The second kappa shape index (κ2) is 6.25. The van der Waals surface area contributed by atoms with Crippen LogP contribution in [0.2, 0.25) is 0 Å². The van der Waals surface area contributed by atoms with Crippen molar-refractivity contribution in [2.24, 2.45) is 5.10 Å². The Labute approximate surface area is 113 Å². The van der Waals surface area contributed by atoms with Gasteiger partial charge in [0, 0.05) is 11.6 Å². The molecule has 0 unspecified atom stereocenters. The third-order valence-corrected chi connectivity index (χ3v) is 3.26. The third kappa shape index (κ3) is 3.49. The molecule has 1 aromatic rings. The van der Waals surface area contributed by atoms with Crippen LogP contribution in [0.25, 0.3) is 0 Å². The molecule has 0 spiro atoms. The van der Waals surface area contributed by atoms with Gasteiger partial charge in [0.05, 0.1) is 22.3 Å². The van der Waals surface area contributed by atoms with Crippen molar-refractivity contribution < 1.29 is 4.74 Å². The number of hydrogen-bond acceptors (Lipinski definition) is 3. The van der Waals surface area contributed by atoms with Crippen molar-refractivity contribution >= 4 is 38.1 Å². The van der Waals surface area contributed by atoms with E-state index in [0.717, 1.165) is 20.3 Å². The zero-order valence-electron chi connectivity index (χ0n) is 9.42. The molecule has 0 fully saturated rings. The molecule has 5 heteroatoms. The van der Waals surface area contributed by atoms with Crippen molar-refractivity contribution in [1.29, 1.82) is 0 Å². The van der Waals surface area contributed by atoms with Crippen molar-refractivity contribution in [2.45, 2.75) is 19.9 Å². The minimum Gasteiger partial charge on any atom is -0.494 e. The number of methoxy groups -OCH3 is 1. The largest absolute Gasteiger partial charge is 0.494 e. The van der Waals surface area contributed by atoms with E-state index in [2.05, 4.69) is 42.4 Å². The number of halogens is 2. The lowest BCUT2D eigenvalue weighted by Gasteiger charge is -2.08. The lowest BCUT2D eigenvalue weighted by atomic mass is 10.2. The molecule has 0 aliphatic rings. The summed E-state index contributed by atoms with van der Waals surface area (Å²) in [6.07, 6.45) is 1.76. The Morgan fingerprint density at radius 2 is 2.06 bits per heavy atom. The zero-order chi connectivity index (χ0) is 12.1. The maximum absolute atomic E-state index is 5.27. The quantitative estimate of drug-likeness (QED) is 0.666. The first-order valence-electron chi connectivity index (χ1n) is 4.86. The summed E-state index contributed by atoms with van der Waals surface area (Å²) in [5.74, 6) is 0.772. The van der Waals surface area contributed by atoms with E-state index < -0.39 is 0 Å². The average Bonchev–Trinajstić information content (AvgIpc) is 2.22. The first-order valence-corrected chi connectivity index (χ1v) is 6.45. The maximum Gasteiger partial charge on any atom is 0.147 e. The fourth-order valence-corrected chi connectivity index (χ4v) is 2.46. The lowest BCUT2D eigenvalue weighted by Crippen LogP contribution is -2.15. The standard InChI is InChI=1S/C11H14Br2N2O/c1-7(2)15-14-6-8-4-5-9(12)11(16-3)10(8)13/h4-7,15H,1-3H3/b14-6+. The van der Waals surface area contributed by atoms with E-state index in [0.29, 0.717) is 6.04 Å². The van der Waals surface area contributed by atoms with Crippen molar-refractivity contribution in [3.63, 3.8) is 0 Å². The SMILES string of the molecule is COc1c(Br)ccc(/C=N/NC(C)C)c1Br. The van der Waals surface area contributed by atoms with E-state index >= 15 is 0 Å². The molecule has 0 amide bonds. The number of nitrogens with one attached hydrogen (secondary N) is 1. The van der Waals surface area contributed by atoms with Crippen LogP contribution < -0.4 is 10.2 Å². The highest BCUT2D eigenvalue weighted by Gasteiger charge is 2.08. The van der Waals surface area contributed by atoms with Crippen LogP contribution in [-0.4, -0.2) is 19.4 Å². The molecule has 1 aromatic carbocycles. The molecule has 0 saturated heterocycles. The van der Waals surface area contributed by atoms with Crippen molar-refractivity contribution in [2.75, 3.05) is 7.11 Å². The number of benzene rings is 1. The second-order valence-corrected chi connectivity index (χ2v) is 5.17. The lowest BCUT2D eigenvalue weighted by molar-refractivity contribution is 0.409. The molecule has 3 nitrogen and oxygen atoms in total. The summed E-state index contributed by atoms with van der Waals surface area (Å²) >= 11 is 6.90. The Balaban J connectivity index is 2.93. The number of rotatable bonds is 4. The summed E-state index contributed by atoms with van der Waals surface area (Å²) in [5.41, 5.74) is 3.94. The minimum atomic E-state index is 0.326. The van der Waals surface area contributed by atoms with Gasteiger partial charge in [-0.2, -0.15) is 5.10 Å². The highest BCUT2D eigenvalue weighted by Crippen LogP contribution is 2.34. The number of nitrogens with zero attached hydrogens (tertiary/aromatic N) is 1. The van der Waals surface area contributed by atoms with E-state index in [1.807, 2.05) is 26.0 Å². The first-order chi connectivity index (χ1) is 7.56. The fraction of sp³-hybridized carbons (Fsp3) is 0.364. The summed E-state index contributed by atoms with van der Waals surface area (Å²) in [6.45, 7) is 4.07. The van der Waals surface area contributed by atoms with Gasteiger partial charge in [-0.1, -0.05) is 6.07 Å². The van der Waals surface area contributed by atoms with Crippen molar-refractivity contribution in [1.82, 2.24) is 5.43 Å². The highest BCUT2D eigenvalue weighted by molar-refractivity contribution is 9.11. The van der Waals surface area contributed by atoms with E-state index in [4.69, 9.17) is 4.74 Å². The molecule has 0 saturated carbocycles. The molecular formula is C11H14Br2N2O. The van der Waals surface area contributed by atoms with E-state index in [-0.39, 0.29) is 0 Å². The predicted octanol–water partition coefficient (Wildman–Crippen LogP) is 3.55. The fourth-order valence-electron chi connectivity index (χ4n) is 1.09. The maximum atomic E-state index is 5.27. The summed E-state index contributed by atoms with van der Waals surface area (Å²) in [6, 6.07) is 4.22. The molecule has 88 valence electrons. The van der Waals surface area contributed by atoms with Crippen LogP contribution in [0.5, 0.6) is 5.75 Å². The van der Waals surface area contributed by atoms with E-state index in [1.165, 1.54) is 0 Å². The van der Waals surface area contributed by atoms with Gasteiger partial charge in [-0.25, -0.2) is 0 Å². The molecule has 0 heterocycles. The summed E-state index contributed by atoms with van der Waals surface area (Å²) in [5, 5.41) is 4.13. The van der Waals surface area contributed by atoms with Gasteiger partial charge in [-0.3, -0.25) is 0 Å². The molecule has 1 N–H and O–H groups in total. The zero-order valence-corrected chi connectivity index (χ0v) is 12.6. The molecular weight excluding hydrogens is 336 g/mol. The second-order valence-electron chi connectivity index (χ2n) is 3.53. The molecule has 0 aliphatic carbocycles. The van der Waals surface area contributed by atoms with Crippen LogP contribution in [0.15, 0.2) is 26.2 Å². The summed E-state index contributed by atoms with van der Waals surface area (Å²) < 4.78 is 7.07. The Kier molecular flexibility index (Phi) is 5.28. The van der Waals surface area contributed by atoms with Crippen LogP contribution in [0.4, 0.5) is 0 Å². The van der Waals surface area contributed by atoms with Crippen LogP contribution in [0.3, 0.4) is 0 Å². The monoisotopic (exact) mass is 348 g/mol. The van der Waals surface area contributed by atoms with E-state index in [9.17, 15) is 0 Å². The van der Waals surface area contributed by atoms with Crippen LogP contribution in [-0.2, 0) is 0 Å². The van der Waals surface area contributed by atoms with Crippen LogP contribution >= 0.6 is 31.9 Å². The summed E-state index contributed by atoms with van der Waals surface area (Å²) in [4.78, 5) is 0. The Morgan fingerprint density at radius 3 is 2.62 bits per heavy atom. The van der Waals surface area contributed by atoms with Gasteiger partial charge in [0.15, 0.2) is 0 Å². The molecule has 1 rings (SSSR count).